The summed E-state index contributed by atoms with van der Waals surface area (Å²) in [7, 11) is 0. The second kappa shape index (κ2) is 7.73. The maximum absolute atomic E-state index is 12.8. The van der Waals surface area contributed by atoms with E-state index in [0.29, 0.717) is 11.4 Å². The maximum Gasteiger partial charge on any atom is 0.263 e. The van der Waals surface area contributed by atoms with Crippen LogP contribution in [-0.2, 0) is 0 Å². The van der Waals surface area contributed by atoms with Crippen molar-refractivity contribution in [3.63, 3.8) is 0 Å². The van der Waals surface area contributed by atoms with Crippen molar-refractivity contribution < 1.29 is 9.21 Å². The van der Waals surface area contributed by atoms with Crippen molar-refractivity contribution in [3.05, 3.63) is 51.6 Å². The number of hydrogen-bond acceptors (Lipinski definition) is 6. The predicted molar refractivity (Wildman–Crippen MR) is 105 cm³/mol. The van der Waals surface area contributed by atoms with Crippen molar-refractivity contribution in [1.82, 2.24) is 15.2 Å². The molecule has 1 aliphatic heterocycles. The Kier molecular flexibility index (Phi) is 5.19. The molecule has 7 heteroatoms. The van der Waals surface area contributed by atoms with Gasteiger partial charge in [-0.15, -0.1) is 11.3 Å². The summed E-state index contributed by atoms with van der Waals surface area (Å²) in [5, 5.41) is 8.07. The van der Waals surface area contributed by atoms with E-state index in [-0.39, 0.29) is 11.9 Å². The second-order valence-corrected chi connectivity index (χ2v) is 8.21. The van der Waals surface area contributed by atoms with Gasteiger partial charge in [-0.2, -0.15) is 11.3 Å². The number of carbonyl (C=O) groups excluding carboxylic acids is 1. The van der Waals surface area contributed by atoms with Crippen LogP contribution in [0.5, 0.6) is 0 Å². The van der Waals surface area contributed by atoms with Crippen molar-refractivity contribution in [1.29, 1.82) is 0 Å². The third kappa shape index (κ3) is 3.60. The van der Waals surface area contributed by atoms with E-state index < -0.39 is 0 Å². The van der Waals surface area contributed by atoms with Crippen molar-refractivity contribution in [2.24, 2.45) is 0 Å². The summed E-state index contributed by atoms with van der Waals surface area (Å²) >= 11 is 3.09. The van der Waals surface area contributed by atoms with E-state index in [2.05, 4.69) is 20.6 Å². The summed E-state index contributed by atoms with van der Waals surface area (Å²) in [4.78, 5) is 20.4. The van der Waals surface area contributed by atoms with E-state index in [1.54, 1.807) is 17.6 Å². The Morgan fingerprint density at radius 1 is 1.38 bits per heavy atom. The molecule has 0 bridgehead atoms. The molecule has 3 aromatic rings. The molecule has 0 spiro atoms. The van der Waals surface area contributed by atoms with E-state index in [4.69, 9.17) is 4.42 Å². The molecule has 5 nitrogen and oxygen atoms in total. The lowest BCUT2D eigenvalue weighted by molar-refractivity contribution is 0.0937. The first-order valence-corrected chi connectivity index (χ1v) is 10.5. The van der Waals surface area contributed by atoms with Gasteiger partial charge in [-0.05, 0) is 56.4 Å². The highest BCUT2D eigenvalue weighted by Gasteiger charge is 2.26. The number of nitrogens with one attached hydrogen (secondary N) is 1. The van der Waals surface area contributed by atoms with Gasteiger partial charge in [0, 0.05) is 17.5 Å². The molecule has 1 amide bonds. The van der Waals surface area contributed by atoms with Gasteiger partial charge in [-0.25, -0.2) is 4.98 Å². The number of thiophene rings is 1. The van der Waals surface area contributed by atoms with Crippen LogP contribution in [0.15, 0.2) is 39.6 Å². The molecule has 1 atom stereocenters. The van der Waals surface area contributed by atoms with E-state index in [1.807, 2.05) is 30.5 Å². The molecule has 0 aliphatic carbocycles. The monoisotopic (exact) mass is 387 g/mol. The van der Waals surface area contributed by atoms with E-state index >= 15 is 0 Å². The number of aromatic nitrogens is 1. The molecule has 0 unspecified atom stereocenters. The standard InChI is InChI=1S/C19H21N3O2S2/c1-13-17(26-19(21-13)14-6-10-25-12-14)18(23)20-11-15(16-5-4-9-24-16)22-7-2-3-8-22/h4-6,9-10,12,15H,2-3,7-8,11H2,1H3,(H,20,23)/t15-/m1/s1. The Morgan fingerprint density at radius 2 is 2.23 bits per heavy atom. The van der Waals surface area contributed by atoms with E-state index in [1.165, 1.54) is 24.2 Å². The van der Waals surface area contributed by atoms with Crippen LogP contribution < -0.4 is 5.32 Å². The third-order valence-electron chi connectivity index (χ3n) is 4.68. The second-order valence-electron chi connectivity index (χ2n) is 6.43. The predicted octanol–water partition coefficient (Wildman–Crippen LogP) is 4.34. The number of thiazole rings is 1. The van der Waals surface area contributed by atoms with Crippen molar-refractivity contribution in [3.8, 4) is 10.6 Å². The Balaban J connectivity index is 1.47. The first-order valence-electron chi connectivity index (χ1n) is 8.78. The highest BCUT2D eigenvalue weighted by Crippen LogP contribution is 2.30. The van der Waals surface area contributed by atoms with Gasteiger partial charge in [-0.3, -0.25) is 9.69 Å². The number of hydrogen-bond donors (Lipinski definition) is 1. The summed E-state index contributed by atoms with van der Waals surface area (Å²) in [5.74, 6) is 0.851. The van der Waals surface area contributed by atoms with Gasteiger partial charge in [0.05, 0.1) is 18.0 Å². The van der Waals surface area contributed by atoms with Crippen LogP contribution in [0, 0.1) is 6.92 Å². The third-order valence-corrected chi connectivity index (χ3v) is 6.57. The molecule has 0 radical (unpaired) electrons. The SMILES string of the molecule is Cc1nc(-c2ccsc2)sc1C(=O)NC[C@H](c1ccco1)N1CCCC1. The molecule has 1 saturated heterocycles. The van der Waals surface area contributed by atoms with Crippen LogP contribution in [0.2, 0.25) is 0 Å². The Bertz CT molecular complexity index is 850. The fraction of sp³-hybridized carbons (Fsp3) is 0.368. The normalized spacial score (nSPS) is 16.0. The van der Waals surface area contributed by atoms with Gasteiger partial charge >= 0.3 is 0 Å². The van der Waals surface area contributed by atoms with Crippen LogP contribution in [-0.4, -0.2) is 35.4 Å². The minimum Gasteiger partial charge on any atom is -0.468 e. The molecule has 136 valence electrons. The summed E-state index contributed by atoms with van der Waals surface area (Å²) in [6, 6.07) is 6.01. The number of carbonyl (C=O) groups is 1. The summed E-state index contributed by atoms with van der Waals surface area (Å²) in [5.41, 5.74) is 1.86. The van der Waals surface area contributed by atoms with Crippen molar-refractivity contribution in [2.75, 3.05) is 19.6 Å². The zero-order chi connectivity index (χ0) is 17.9. The van der Waals surface area contributed by atoms with E-state index in [9.17, 15) is 4.79 Å². The number of amides is 1. The molecule has 3 aromatic heterocycles. The Morgan fingerprint density at radius 3 is 2.92 bits per heavy atom. The van der Waals surface area contributed by atoms with Gasteiger partial charge in [0.15, 0.2) is 0 Å². The minimum atomic E-state index is -0.0581. The van der Waals surface area contributed by atoms with Gasteiger partial charge in [0.1, 0.15) is 15.6 Å². The molecule has 26 heavy (non-hydrogen) atoms. The molecule has 1 fully saturated rings. The summed E-state index contributed by atoms with van der Waals surface area (Å²) < 4.78 is 5.62. The molecular weight excluding hydrogens is 366 g/mol. The number of aryl methyl sites for hydroxylation is 1. The number of furan rings is 1. The topological polar surface area (TPSA) is 58.4 Å². The zero-order valence-electron chi connectivity index (χ0n) is 14.6. The molecule has 4 heterocycles. The number of likely N-dealkylation sites (tertiary alicyclic amines) is 1. The largest absolute Gasteiger partial charge is 0.468 e. The van der Waals surface area contributed by atoms with Gasteiger partial charge in [0.25, 0.3) is 5.91 Å². The van der Waals surface area contributed by atoms with E-state index in [0.717, 1.165) is 35.1 Å². The molecule has 1 aliphatic rings. The lowest BCUT2D eigenvalue weighted by Crippen LogP contribution is -2.36. The summed E-state index contributed by atoms with van der Waals surface area (Å²) in [6.45, 7) is 4.52. The van der Waals surface area contributed by atoms with Crippen LogP contribution in [0.4, 0.5) is 0 Å². The molecule has 4 rings (SSSR count). The number of rotatable bonds is 6. The van der Waals surface area contributed by atoms with Gasteiger partial charge < -0.3 is 9.73 Å². The average molecular weight is 388 g/mol. The smallest absolute Gasteiger partial charge is 0.263 e. The Labute approximate surface area is 160 Å². The van der Waals surface area contributed by atoms with Gasteiger partial charge in [0.2, 0.25) is 0 Å². The fourth-order valence-electron chi connectivity index (χ4n) is 3.33. The van der Waals surface area contributed by atoms with Crippen LogP contribution in [0.25, 0.3) is 10.6 Å². The lowest BCUT2D eigenvalue weighted by Gasteiger charge is -2.25. The maximum atomic E-state index is 12.8. The van der Waals surface area contributed by atoms with Gasteiger partial charge in [-0.1, -0.05) is 0 Å². The molecule has 0 saturated carbocycles. The average Bonchev–Trinajstić information content (AvgIpc) is 3.42. The summed E-state index contributed by atoms with van der Waals surface area (Å²) in [6.07, 6.45) is 4.09. The van der Waals surface area contributed by atoms with Crippen LogP contribution in [0.1, 0.15) is 40.0 Å². The molecule has 0 aromatic carbocycles. The fourth-order valence-corrected chi connectivity index (χ4v) is 5.02. The number of nitrogens with zero attached hydrogens (tertiary/aromatic N) is 2. The first-order chi connectivity index (χ1) is 12.7. The van der Waals surface area contributed by atoms with Crippen LogP contribution >= 0.6 is 22.7 Å². The molecule has 1 N–H and O–H groups in total. The highest BCUT2D eigenvalue weighted by atomic mass is 32.1. The molecular formula is C19H21N3O2S2. The van der Waals surface area contributed by atoms with Crippen LogP contribution in [0.3, 0.4) is 0 Å². The highest BCUT2D eigenvalue weighted by molar-refractivity contribution is 7.17. The van der Waals surface area contributed by atoms with Crippen molar-refractivity contribution in [2.45, 2.75) is 25.8 Å². The quantitative estimate of drug-likeness (QED) is 0.683. The Hall–Kier alpha value is -1.96. The first kappa shape index (κ1) is 17.5. The lowest BCUT2D eigenvalue weighted by atomic mass is 10.2. The van der Waals surface area contributed by atoms with Crippen molar-refractivity contribution >= 4 is 28.6 Å². The zero-order valence-corrected chi connectivity index (χ0v) is 16.2. The minimum absolute atomic E-state index is 0.0581.